The zero-order valence-electron chi connectivity index (χ0n) is 11.0. The van der Waals surface area contributed by atoms with E-state index in [2.05, 4.69) is 17.5 Å². The van der Waals surface area contributed by atoms with Crippen molar-refractivity contribution in [2.45, 2.75) is 30.7 Å². The summed E-state index contributed by atoms with van der Waals surface area (Å²) >= 11 is 2.91. The van der Waals surface area contributed by atoms with Gasteiger partial charge in [0.25, 0.3) is 0 Å². The van der Waals surface area contributed by atoms with Crippen LogP contribution < -0.4 is 0 Å². The van der Waals surface area contributed by atoms with Gasteiger partial charge in [-0.2, -0.15) is 8.78 Å². The van der Waals surface area contributed by atoms with E-state index in [-0.39, 0.29) is 0 Å². The molecule has 0 atom stereocenters. The Balaban J connectivity index is 1.77. The van der Waals surface area contributed by atoms with Crippen molar-refractivity contribution in [1.82, 2.24) is 4.90 Å². The van der Waals surface area contributed by atoms with Crippen molar-refractivity contribution in [3.05, 3.63) is 35.9 Å². The number of hydrogen-bond donors (Lipinski definition) is 1. The number of alkyl halides is 2. The van der Waals surface area contributed by atoms with Gasteiger partial charge >= 0.3 is 11.2 Å². The van der Waals surface area contributed by atoms with E-state index in [1.165, 1.54) is 5.56 Å². The Kier molecular flexibility index (Phi) is 4.99. The average Bonchev–Trinajstić information content (AvgIpc) is 2.41. The summed E-state index contributed by atoms with van der Waals surface area (Å²) in [7, 11) is 0. The van der Waals surface area contributed by atoms with E-state index in [0.29, 0.717) is 12.8 Å². The monoisotopic (exact) mass is 301 g/mol. The third kappa shape index (κ3) is 4.45. The summed E-state index contributed by atoms with van der Waals surface area (Å²) in [5.74, 6) is -1.55. The first kappa shape index (κ1) is 15.3. The van der Waals surface area contributed by atoms with Gasteiger partial charge in [-0.15, -0.1) is 0 Å². The molecule has 1 aromatic rings. The van der Waals surface area contributed by atoms with Gasteiger partial charge in [-0.25, -0.2) is 4.79 Å². The molecule has 1 heterocycles. The zero-order valence-corrected chi connectivity index (χ0v) is 11.9. The Hall–Kier alpha value is -1.14. The molecule has 1 saturated heterocycles. The lowest BCUT2D eigenvalue weighted by molar-refractivity contribution is -0.167. The molecule has 1 aromatic carbocycles. The van der Waals surface area contributed by atoms with Crippen molar-refractivity contribution < 1.29 is 18.3 Å². The SMILES string of the molecule is O=C(OC1CCN(Cc2ccccc2)CC1)C(F)(F)S. The summed E-state index contributed by atoms with van der Waals surface area (Å²) in [5, 5.41) is -3.71. The summed E-state index contributed by atoms with van der Waals surface area (Å²) in [6.45, 7) is 2.28. The highest BCUT2D eigenvalue weighted by molar-refractivity contribution is 7.82. The Morgan fingerprint density at radius 2 is 1.90 bits per heavy atom. The van der Waals surface area contributed by atoms with Gasteiger partial charge in [0.15, 0.2) is 0 Å². The highest BCUT2D eigenvalue weighted by atomic mass is 32.1. The Bertz CT molecular complexity index is 442. The maximum Gasteiger partial charge on any atom is 0.388 e. The van der Waals surface area contributed by atoms with Gasteiger partial charge in [0.1, 0.15) is 6.10 Å². The van der Waals surface area contributed by atoms with Crippen LogP contribution in [0.5, 0.6) is 0 Å². The Labute approximate surface area is 122 Å². The van der Waals surface area contributed by atoms with Gasteiger partial charge in [0.2, 0.25) is 0 Å². The molecule has 0 radical (unpaired) electrons. The molecule has 0 aromatic heterocycles. The standard InChI is InChI=1S/C14H17F2NO2S/c15-14(16,20)13(18)19-12-6-8-17(9-7-12)10-11-4-2-1-3-5-11/h1-5,12,20H,6-10H2. The molecule has 0 amide bonds. The van der Waals surface area contributed by atoms with Crippen LogP contribution in [-0.2, 0) is 16.1 Å². The Morgan fingerprint density at radius 1 is 1.30 bits per heavy atom. The number of ether oxygens (including phenoxy) is 1. The summed E-state index contributed by atoms with van der Waals surface area (Å²) in [6, 6.07) is 10.0. The van der Waals surface area contributed by atoms with E-state index in [0.717, 1.165) is 19.6 Å². The predicted molar refractivity (Wildman–Crippen MR) is 74.8 cm³/mol. The molecule has 0 bridgehead atoms. The van der Waals surface area contributed by atoms with Crippen molar-refractivity contribution in [2.24, 2.45) is 0 Å². The molecule has 2 rings (SSSR count). The fraction of sp³-hybridized carbons (Fsp3) is 0.500. The fourth-order valence-corrected chi connectivity index (χ4v) is 2.30. The van der Waals surface area contributed by atoms with Crippen molar-refractivity contribution in [1.29, 1.82) is 0 Å². The van der Waals surface area contributed by atoms with Crippen molar-refractivity contribution in [2.75, 3.05) is 13.1 Å². The van der Waals surface area contributed by atoms with Crippen LogP contribution in [0.1, 0.15) is 18.4 Å². The van der Waals surface area contributed by atoms with Gasteiger partial charge in [0.05, 0.1) is 0 Å². The average molecular weight is 301 g/mol. The number of carbonyl (C=O) groups is 1. The minimum atomic E-state index is -3.71. The largest absolute Gasteiger partial charge is 0.457 e. The molecule has 0 saturated carbocycles. The lowest BCUT2D eigenvalue weighted by atomic mass is 10.1. The van der Waals surface area contributed by atoms with Crippen molar-refractivity contribution in [3.8, 4) is 0 Å². The number of benzene rings is 1. The van der Waals surface area contributed by atoms with E-state index in [9.17, 15) is 13.6 Å². The third-order valence-electron chi connectivity index (χ3n) is 3.30. The lowest BCUT2D eigenvalue weighted by Gasteiger charge is -2.31. The molecule has 0 spiro atoms. The van der Waals surface area contributed by atoms with E-state index < -0.39 is 17.3 Å². The topological polar surface area (TPSA) is 29.5 Å². The molecule has 6 heteroatoms. The second-order valence-corrected chi connectivity index (χ2v) is 5.47. The maximum atomic E-state index is 12.6. The number of halogens is 2. The van der Waals surface area contributed by atoms with Crippen molar-refractivity contribution in [3.63, 3.8) is 0 Å². The molecular weight excluding hydrogens is 284 g/mol. The highest BCUT2D eigenvalue weighted by Gasteiger charge is 2.38. The summed E-state index contributed by atoms with van der Waals surface area (Å²) in [5.41, 5.74) is 1.21. The van der Waals surface area contributed by atoms with Crippen LogP contribution in [0, 0.1) is 0 Å². The number of nitrogens with zero attached hydrogens (tertiary/aromatic N) is 1. The summed E-state index contributed by atoms with van der Waals surface area (Å²) in [4.78, 5) is 13.3. The van der Waals surface area contributed by atoms with Crippen LogP contribution in [0.2, 0.25) is 0 Å². The maximum absolute atomic E-state index is 12.6. The molecule has 0 aliphatic carbocycles. The molecule has 1 aliphatic rings. The molecule has 0 unspecified atom stereocenters. The van der Waals surface area contributed by atoms with Gasteiger partial charge in [-0.05, 0) is 18.4 Å². The lowest BCUT2D eigenvalue weighted by Crippen LogP contribution is -2.39. The zero-order chi connectivity index (χ0) is 14.6. The van der Waals surface area contributed by atoms with Gasteiger partial charge in [-0.1, -0.05) is 43.0 Å². The van der Waals surface area contributed by atoms with E-state index in [1.807, 2.05) is 30.3 Å². The summed E-state index contributed by atoms with van der Waals surface area (Å²) in [6.07, 6.45) is 0.706. The molecular formula is C14H17F2NO2S. The molecule has 1 fully saturated rings. The Morgan fingerprint density at radius 3 is 2.45 bits per heavy atom. The molecule has 110 valence electrons. The molecule has 1 aliphatic heterocycles. The minimum Gasteiger partial charge on any atom is -0.457 e. The van der Waals surface area contributed by atoms with Crippen LogP contribution >= 0.6 is 12.6 Å². The minimum absolute atomic E-state index is 0.437. The van der Waals surface area contributed by atoms with Gasteiger partial charge in [-0.3, -0.25) is 4.90 Å². The van der Waals surface area contributed by atoms with Crippen LogP contribution in [0.4, 0.5) is 8.78 Å². The second kappa shape index (κ2) is 6.54. The first-order valence-electron chi connectivity index (χ1n) is 6.52. The van der Waals surface area contributed by atoms with E-state index in [1.54, 1.807) is 0 Å². The predicted octanol–water partition coefficient (Wildman–Crippen LogP) is 2.72. The normalized spacial score (nSPS) is 17.9. The third-order valence-corrected chi connectivity index (χ3v) is 3.49. The molecule has 0 N–H and O–H groups in total. The first-order valence-corrected chi connectivity index (χ1v) is 6.97. The summed E-state index contributed by atoms with van der Waals surface area (Å²) < 4.78 is 30.0. The number of rotatable bonds is 4. The van der Waals surface area contributed by atoms with E-state index in [4.69, 9.17) is 4.74 Å². The van der Waals surface area contributed by atoms with Gasteiger partial charge < -0.3 is 4.74 Å². The number of thiol groups is 1. The molecule has 20 heavy (non-hydrogen) atoms. The number of esters is 1. The number of hydrogen-bond acceptors (Lipinski definition) is 4. The molecule has 3 nitrogen and oxygen atoms in total. The number of carbonyl (C=O) groups excluding carboxylic acids is 1. The second-order valence-electron chi connectivity index (χ2n) is 4.91. The fourth-order valence-electron chi connectivity index (χ4n) is 2.25. The van der Waals surface area contributed by atoms with Crippen LogP contribution in [-0.4, -0.2) is 35.3 Å². The highest BCUT2D eigenvalue weighted by Crippen LogP contribution is 2.23. The van der Waals surface area contributed by atoms with Crippen LogP contribution in [0.3, 0.4) is 0 Å². The quantitative estimate of drug-likeness (QED) is 0.685. The van der Waals surface area contributed by atoms with Crippen LogP contribution in [0.25, 0.3) is 0 Å². The number of likely N-dealkylation sites (tertiary alicyclic amines) is 1. The van der Waals surface area contributed by atoms with E-state index >= 15 is 0 Å². The first-order chi connectivity index (χ1) is 9.45. The van der Waals surface area contributed by atoms with Crippen LogP contribution in [0.15, 0.2) is 30.3 Å². The van der Waals surface area contributed by atoms with Crippen molar-refractivity contribution >= 4 is 18.6 Å². The van der Waals surface area contributed by atoms with Gasteiger partial charge in [0, 0.05) is 19.6 Å². The smallest absolute Gasteiger partial charge is 0.388 e. The number of piperidine rings is 1.